The number of phenolic OH excluding ortho intramolecular Hbond substituents is 1. The Hall–Kier alpha value is -3.66. The number of aromatic nitrogens is 1. The van der Waals surface area contributed by atoms with Crippen LogP contribution in [0.2, 0.25) is 0 Å². The molecule has 6 heteroatoms. The number of benzene rings is 2. The van der Waals surface area contributed by atoms with E-state index in [9.17, 15) is 9.90 Å². The fourth-order valence-electron chi connectivity index (χ4n) is 3.48. The van der Waals surface area contributed by atoms with Gasteiger partial charge in [-0.25, -0.2) is 0 Å². The molecule has 2 N–H and O–H groups in total. The maximum absolute atomic E-state index is 12.4. The van der Waals surface area contributed by atoms with Gasteiger partial charge >= 0.3 is 0 Å². The van der Waals surface area contributed by atoms with Crippen molar-refractivity contribution in [1.82, 2.24) is 9.88 Å². The molecule has 2 aromatic carbocycles. The molecule has 0 atom stereocenters. The minimum atomic E-state index is -0.258. The van der Waals surface area contributed by atoms with Gasteiger partial charge in [-0.2, -0.15) is 0 Å². The zero-order valence-electron chi connectivity index (χ0n) is 18.0. The molecule has 1 aromatic heterocycles. The zero-order chi connectivity index (χ0) is 22.3. The summed E-state index contributed by atoms with van der Waals surface area (Å²) >= 11 is 0. The van der Waals surface area contributed by atoms with Gasteiger partial charge in [0.25, 0.3) is 5.91 Å². The van der Waals surface area contributed by atoms with Crippen LogP contribution < -0.4 is 5.32 Å². The van der Waals surface area contributed by atoms with Crippen LogP contribution in [0.25, 0.3) is 0 Å². The highest BCUT2D eigenvalue weighted by Gasteiger charge is 2.12. The first-order chi connectivity index (χ1) is 15.6. The molecule has 32 heavy (non-hydrogen) atoms. The van der Waals surface area contributed by atoms with Crippen LogP contribution in [-0.2, 0) is 11.3 Å². The van der Waals surface area contributed by atoms with Crippen molar-refractivity contribution in [2.24, 2.45) is 0 Å². The lowest BCUT2D eigenvalue weighted by Crippen LogP contribution is -2.35. The molecular formula is C26H25N3O3. The van der Waals surface area contributed by atoms with Gasteiger partial charge in [0, 0.05) is 54.4 Å². The maximum Gasteiger partial charge on any atom is 0.255 e. The topological polar surface area (TPSA) is 74.7 Å². The summed E-state index contributed by atoms with van der Waals surface area (Å²) in [5.41, 5.74) is 4.25. The van der Waals surface area contributed by atoms with Crippen LogP contribution in [0.1, 0.15) is 32.6 Å². The van der Waals surface area contributed by atoms with Crippen LogP contribution in [0, 0.1) is 18.8 Å². The van der Waals surface area contributed by atoms with Crippen LogP contribution in [0.5, 0.6) is 5.75 Å². The molecule has 3 aromatic rings. The Morgan fingerprint density at radius 2 is 1.78 bits per heavy atom. The molecule has 1 amide bonds. The first kappa shape index (κ1) is 21.6. The van der Waals surface area contributed by atoms with Crippen molar-refractivity contribution in [3.05, 3.63) is 88.7 Å². The normalized spacial score (nSPS) is 13.8. The van der Waals surface area contributed by atoms with Crippen molar-refractivity contribution in [3.8, 4) is 17.6 Å². The lowest BCUT2D eigenvalue weighted by atomic mass is 10.1. The molecule has 4 rings (SSSR count). The van der Waals surface area contributed by atoms with Crippen molar-refractivity contribution in [3.63, 3.8) is 0 Å². The smallest absolute Gasteiger partial charge is 0.255 e. The number of phenols is 1. The van der Waals surface area contributed by atoms with Gasteiger partial charge in [-0.1, -0.05) is 24.0 Å². The fourth-order valence-corrected chi connectivity index (χ4v) is 3.48. The number of nitrogens with one attached hydrogen (secondary N) is 1. The van der Waals surface area contributed by atoms with Crippen molar-refractivity contribution >= 4 is 11.6 Å². The van der Waals surface area contributed by atoms with Gasteiger partial charge in [0.05, 0.1) is 18.8 Å². The average molecular weight is 428 g/mol. The van der Waals surface area contributed by atoms with E-state index in [1.807, 2.05) is 12.1 Å². The summed E-state index contributed by atoms with van der Waals surface area (Å²) in [5.74, 6) is 5.95. The molecule has 0 radical (unpaired) electrons. The highest BCUT2D eigenvalue weighted by molar-refractivity contribution is 6.04. The Morgan fingerprint density at radius 3 is 2.50 bits per heavy atom. The molecule has 1 fully saturated rings. The van der Waals surface area contributed by atoms with Crippen LogP contribution in [0.15, 0.2) is 60.9 Å². The van der Waals surface area contributed by atoms with Gasteiger partial charge in [0.15, 0.2) is 0 Å². The summed E-state index contributed by atoms with van der Waals surface area (Å²) in [6, 6.07) is 14.9. The lowest BCUT2D eigenvalue weighted by Gasteiger charge is -2.26. The van der Waals surface area contributed by atoms with Gasteiger partial charge < -0.3 is 15.2 Å². The van der Waals surface area contributed by atoms with E-state index in [4.69, 9.17) is 4.74 Å². The second-order valence-corrected chi connectivity index (χ2v) is 7.66. The molecule has 2 heterocycles. The Labute approximate surface area is 187 Å². The van der Waals surface area contributed by atoms with Gasteiger partial charge in [-0.3, -0.25) is 14.7 Å². The van der Waals surface area contributed by atoms with Gasteiger partial charge in [0.2, 0.25) is 0 Å². The number of carbonyl (C=O) groups excluding carboxylic acids is 1. The third-order valence-corrected chi connectivity index (χ3v) is 5.43. The monoisotopic (exact) mass is 427 g/mol. The quantitative estimate of drug-likeness (QED) is 0.623. The van der Waals surface area contributed by atoms with Crippen molar-refractivity contribution in [1.29, 1.82) is 0 Å². The second-order valence-electron chi connectivity index (χ2n) is 7.66. The molecule has 0 saturated carbocycles. The number of ether oxygens (including phenoxy) is 1. The molecule has 6 nitrogen and oxygen atoms in total. The summed E-state index contributed by atoms with van der Waals surface area (Å²) in [7, 11) is 0. The van der Waals surface area contributed by atoms with E-state index in [1.54, 1.807) is 43.6 Å². The number of carbonyl (C=O) groups is 1. The standard InChI is InChI=1S/C26H25N3O3/c1-19-24(28-26(31)23-10-12-27-13-11-23)9-8-22(25(19)30)7-6-20-2-4-21(5-3-20)18-29-14-16-32-17-15-29/h2-5,8-13,30H,14-18H2,1H3,(H,28,31). The van der Waals surface area contributed by atoms with E-state index in [1.165, 1.54) is 5.56 Å². The Bertz CT molecular complexity index is 1140. The number of anilines is 1. The predicted octanol–water partition coefficient (Wildman–Crippen LogP) is 3.58. The molecule has 1 aliphatic heterocycles. The zero-order valence-corrected chi connectivity index (χ0v) is 18.0. The third-order valence-electron chi connectivity index (χ3n) is 5.43. The first-order valence-corrected chi connectivity index (χ1v) is 10.5. The summed E-state index contributed by atoms with van der Waals surface area (Å²) < 4.78 is 5.39. The molecule has 0 bridgehead atoms. The first-order valence-electron chi connectivity index (χ1n) is 10.5. The number of pyridine rings is 1. The predicted molar refractivity (Wildman–Crippen MR) is 124 cm³/mol. The van der Waals surface area contributed by atoms with Crippen molar-refractivity contribution < 1.29 is 14.6 Å². The lowest BCUT2D eigenvalue weighted by molar-refractivity contribution is 0.0342. The number of aromatic hydroxyl groups is 1. The minimum Gasteiger partial charge on any atom is -0.506 e. The molecule has 0 aliphatic carbocycles. The fraction of sp³-hybridized carbons (Fsp3) is 0.231. The largest absolute Gasteiger partial charge is 0.506 e. The van der Waals surface area contributed by atoms with Crippen LogP contribution in [0.4, 0.5) is 5.69 Å². The van der Waals surface area contributed by atoms with Crippen LogP contribution in [0.3, 0.4) is 0 Å². The molecule has 0 unspecified atom stereocenters. The summed E-state index contributed by atoms with van der Waals surface area (Å²) in [4.78, 5) is 18.7. The van der Waals surface area contributed by atoms with Gasteiger partial charge in [0.1, 0.15) is 5.75 Å². The number of nitrogens with zero attached hydrogens (tertiary/aromatic N) is 2. The second kappa shape index (κ2) is 10.1. The van der Waals surface area contributed by atoms with Gasteiger partial charge in [-0.05, 0) is 48.9 Å². The number of rotatable bonds is 4. The summed E-state index contributed by atoms with van der Waals surface area (Å²) in [6.45, 7) is 6.16. The number of morpholine rings is 1. The SMILES string of the molecule is Cc1c(NC(=O)c2ccncc2)ccc(C#Cc2ccc(CN3CCOCC3)cc2)c1O. The molecular weight excluding hydrogens is 402 g/mol. The Morgan fingerprint density at radius 1 is 1.06 bits per heavy atom. The number of amides is 1. The molecule has 0 spiro atoms. The highest BCUT2D eigenvalue weighted by atomic mass is 16.5. The third kappa shape index (κ3) is 5.33. The summed E-state index contributed by atoms with van der Waals surface area (Å²) in [6.07, 6.45) is 3.13. The Kier molecular flexibility index (Phi) is 6.81. The number of hydrogen-bond donors (Lipinski definition) is 2. The number of hydrogen-bond acceptors (Lipinski definition) is 5. The highest BCUT2D eigenvalue weighted by Crippen LogP contribution is 2.28. The van der Waals surface area contributed by atoms with E-state index in [2.05, 4.69) is 39.2 Å². The van der Waals surface area contributed by atoms with Crippen molar-refractivity contribution in [2.45, 2.75) is 13.5 Å². The Balaban J connectivity index is 1.43. The average Bonchev–Trinajstić information content (AvgIpc) is 2.84. The van der Waals surface area contributed by atoms with Gasteiger partial charge in [-0.15, -0.1) is 0 Å². The molecule has 162 valence electrons. The summed E-state index contributed by atoms with van der Waals surface area (Å²) in [5, 5.41) is 13.4. The van der Waals surface area contributed by atoms with Crippen LogP contribution >= 0.6 is 0 Å². The molecule has 1 aliphatic rings. The van der Waals surface area contributed by atoms with Crippen LogP contribution in [-0.4, -0.2) is 47.2 Å². The van der Waals surface area contributed by atoms with E-state index < -0.39 is 0 Å². The minimum absolute atomic E-state index is 0.0639. The van der Waals surface area contributed by atoms with Crippen molar-refractivity contribution in [2.75, 3.05) is 31.6 Å². The van der Waals surface area contributed by atoms with E-state index in [0.29, 0.717) is 22.4 Å². The van der Waals surface area contributed by atoms with E-state index in [-0.39, 0.29) is 11.7 Å². The van der Waals surface area contributed by atoms with E-state index in [0.717, 1.165) is 38.4 Å². The van der Waals surface area contributed by atoms with E-state index >= 15 is 0 Å². The maximum atomic E-state index is 12.4. The molecule has 1 saturated heterocycles.